The number of likely N-dealkylation sites (N-methyl/N-ethyl adjacent to an activating group) is 1. The number of amides is 2. The summed E-state index contributed by atoms with van der Waals surface area (Å²) in [7, 11) is 1.81. The van der Waals surface area contributed by atoms with Gasteiger partial charge in [-0.1, -0.05) is 66.7 Å². The first-order chi connectivity index (χ1) is 15.5. The normalized spacial score (nSPS) is 22.8. The minimum atomic E-state index is -0.655. The lowest BCUT2D eigenvalue weighted by molar-refractivity contribution is -0.121. The highest BCUT2D eigenvalue weighted by Crippen LogP contribution is 2.47. The summed E-state index contributed by atoms with van der Waals surface area (Å²) in [6.45, 7) is 1.96. The second-order valence-corrected chi connectivity index (χ2v) is 8.63. The van der Waals surface area contributed by atoms with E-state index in [0.29, 0.717) is 12.8 Å². The highest BCUT2D eigenvalue weighted by molar-refractivity contribution is 6.09. The fraction of sp³-hybridized carbons (Fsp3) is 0.259. The van der Waals surface area contributed by atoms with Crippen molar-refractivity contribution in [3.63, 3.8) is 0 Å². The molecule has 162 valence electrons. The van der Waals surface area contributed by atoms with Crippen LogP contribution in [-0.4, -0.2) is 25.2 Å². The number of alkyl carbamates (subject to hydrolysis) is 1. The zero-order chi connectivity index (χ0) is 22.3. The van der Waals surface area contributed by atoms with Gasteiger partial charge in [-0.05, 0) is 53.8 Å². The topological polar surface area (TPSA) is 58.6 Å². The molecule has 0 saturated heterocycles. The Balaban J connectivity index is 1.28. The summed E-state index contributed by atoms with van der Waals surface area (Å²) in [6, 6.07) is 21.9. The van der Waals surface area contributed by atoms with Crippen LogP contribution in [-0.2, 0) is 14.9 Å². The Kier molecular flexibility index (Phi) is 4.97. The maximum absolute atomic E-state index is 13.0. The lowest BCUT2D eigenvalue weighted by Gasteiger charge is -2.31. The van der Waals surface area contributed by atoms with Crippen LogP contribution in [0.5, 0.6) is 0 Å². The van der Waals surface area contributed by atoms with Crippen molar-refractivity contribution in [2.75, 3.05) is 11.9 Å². The minimum absolute atomic E-state index is 0.0717. The molecule has 2 aliphatic rings. The van der Waals surface area contributed by atoms with Crippen LogP contribution in [0.15, 0.2) is 78.9 Å². The second kappa shape index (κ2) is 7.83. The number of hydrogen-bond donors (Lipinski definition) is 1. The summed E-state index contributed by atoms with van der Waals surface area (Å²) in [5, 5.41) is 5.21. The molecule has 1 heterocycles. The smallest absolute Gasteiger partial charge is 0.408 e. The third kappa shape index (κ3) is 3.25. The van der Waals surface area contributed by atoms with Crippen LogP contribution < -0.4 is 10.2 Å². The number of carbonyl (C=O) groups excluding carboxylic acids is 2. The first kappa shape index (κ1) is 20.3. The summed E-state index contributed by atoms with van der Waals surface area (Å²) in [5.41, 5.74) is 2.37. The van der Waals surface area contributed by atoms with Crippen LogP contribution in [0.2, 0.25) is 0 Å². The molecule has 0 saturated carbocycles. The highest BCUT2D eigenvalue weighted by Gasteiger charge is 2.49. The summed E-state index contributed by atoms with van der Waals surface area (Å²) >= 11 is 0. The summed E-state index contributed by atoms with van der Waals surface area (Å²) in [4.78, 5) is 27.4. The Hall–Kier alpha value is -3.60. The number of para-hydroxylation sites is 1. The number of rotatable bonds is 3. The maximum Gasteiger partial charge on any atom is 0.408 e. The second-order valence-electron chi connectivity index (χ2n) is 8.63. The van der Waals surface area contributed by atoms with Gasteiger partial charge in [0.25, 0.3) is 0 Å². The van der Waals surface area contributed by atoms with Gasteiger partial charge in [0.05, 0.1) is 11.5 Å². The van der Waals surface area contributed by atoms with E-state index in [1.807, 2.05) is 74.7 Å². The molecule has 3 aromatic rings. The molecule has 5 heteroatoms. The van der Waals surface area contributed by atoms with Gasteiger partial charge in [-0.25, -0.2) is 4.79 Å². The molecule has 3 atom stereocenters. The number of benzene rings is 3. The van der Waals surface area contributed by atoms with Crippen molar-refractivity contribution >= 4 is 28.5 Å². The molecular formula is C27H26N2O3. The lowest BCUT2D eigenvalue weighted by Crippen LogP contribution is -2.41. The first-order valence-corrected chi connectivity index (χ1v) is 11.0. The summed E-state index contributed by atoms with van der Waals surface area (Å²) in [5.74, 6) is 0.0717. The maximum atomic E-state index is 13.0. The van der Waals surface area contributed by atoms with Gasteiger partial charge in [-0.2, -0.15) is 0 Å². The van der Waals surface area contributed by atoms with E-state index in [-0.39, 0.29) is 18.1 Å². The molecule has 2 amide bonds. The minimum Gasteiger partial charge on any atom is -0.442 e. The molecule has 0 fully saturated rings. The van der Waals surface area contributed by atoms with Crippen LogP contribution in [0.1, 0.15) is 36.9 Å². The number of anilines is 1. The van der Waals surface area contributed by atoms with Crippen molar-refractivity contribution in [2.24, 2.45) is 0 Å². The van der Waals surface area contributed by atoms with Crippen LogP contribution in [0, 0.1) is 0 Å². The molecule has 1 aliphatic carbocycles. The van der Waals surface area contributed by atoms with Gasteiger partial charge in [0, 0.05) is 12.7 Å². The van der Waals surface area contributed by atoms with Crippen molar-refractivity contribution in [1.29, 1.82) is 0 Å². The first-order valence-electron chi connectivity index (χ1n) is 11.0. The Labute approximate surface area is 187 Å². The number of nitrogens with zero attached hydrogens (tertiary/aromatic N) is 1. The van der Waals surface area contributed by atoms with Gasteiger partial charge in [-0.15, -0.1) is 0 Å². The van der Waals surface area contributed by atoms with E-state index in [1.165, 1.54) is 0 Å². The zero-order valence-corrected chi connectivity index (χ0v) is 18.2. The van der Waals surface area contributed by atoms with Crippen LogP contribution >= 0.6 is 0 Å². The largest absolute Gasteiger partial charge is 0.442 e. The molecule has 2 unspecified atom stereocenters. The molecule has 1 aliphatic heterocycles. The average molecular weight is 427 g/mol. The number of carbonyl (C=O) groups is 2. The molecule has 32 heavy (non-hydrogen) atoms. The third-order valence-electron chi connectivity index (χ3n) is 6.73. The summed E-state index contributed by atoms with van der Waals surface area (Å²) < 4.78 is 5.69. The molecular weight excluding hydrogens is 400 g/mol. The molecule has 1 spiro atoms. The van der Waals surface area contributed by atoms with Gasteiger partial charge < -0.3 is 15.0 Å². The van der Waals surface area contributed by atoms with Gasteiger partial charge in [0.2, 0.25) is 5.91 Å². The van der Waals surface area contributed by atoms with Crippen LogP contribution in [0.25, 0.3) is 10.8 Å². The predicted molar refractivity (Wildman–Crippen MR) is 126 cm³/mol. The average Bonchev–Trinajstić information content (AvgIpc) is 3.02. The Bertz CT molecular complexity index is 1230. The standard InChI is InChI=1S/C27H26N2O3/c1-18(21-11-7-9-19-8-3-4-10-22(19)21)28-26(31)32-20-14-16-27(17-15-20)23-12-5-6-13-24(23)29(2)25(27)30/h3-14,16,18,20H,15,17H2,1-2H3,(H,28,31)/t18-,20?,27?/m1/s1. The Morgan fingerprint density at radius 1 is 1.09 bits per heavy atom. The SMILES string of the molecule is C[C@@H](NC(=O)OC1C=CC2(CC1)C(=O)N(C)c1ccccc12)c1cccc2ccccc12. The van der Waals surface area contributed by atoms with E-state index in [1.54, 1.807) is 4.90 Å². The Morgan fingerprint density at radius 3 is 2.66 bits per heavy atom. The van der Waals surface area contributed by atoms with E-state index in [9.17, 15) is 9.59 Å². The van der Waals surface area contributed by atoms with E-state index < -0.39 is 11.5 Å². The van der Waals surface area contributed by atoms with E-state index in [2.05, 4.69) is 23.5 Å². The Morgan fingerprint density at radius 2 is 1.84 bits per heavy atom. The van der Waals surface area contributed by atoms with Crippen molar-refractivity contribution < 1.29 is 14.3 Å². The van der Waals surface area contributed by atoms with Crippen LogP contribution in [0.3, 0.4) is 0 Å². The molecule has 1 N–H and O–H groups in total. The molecule has 3 aromatic carbocycles. The quantitative estimate of drug-likeness (QED) is 0.581. The molecule has 5 rings (SSSR count). The fourth-order valence-corrected chi connectivity index (χ4v) is 5.04. The van der Waals surface area contributed by atoms with Gasteiger partial charge in [-0.3, -0.25) is 4.79 Å². The molecule has 0 radical (unpaired) electrons. The van der Waals surface area contributed by atoms with E-state index >= 15 is 0 Å². The lowest BCUT2D eigenvalue weighted by atomic mass is 9.74. The van der Waals surface area contributed by atoms with Crippen molar-refractivity contribution in [3.05, 3.63) is 90.0 Å². The fourth-order valence-electron chi connectivity index (χ4n) is 5.04. The third-order valence-corrected chi connectivity index (χ3v) is 6.73. The van der Waals surface area contributed by atoms with Crippen LogP contribution in [0.4, 0.5) is 10.5 Å². The molecule has 0 bridgehead atoms. The highest BCUT2D eigenvalue weighted by atomic mass is 16.6. The van der Waals surface area contributed by atoms with Gasteiger partial charge in [0.1, 0.15) is 6.10 Å². The molecule has 0 aromatic heterocycles. The van der Waals surface area contributed by atoms with Gasteiger partial charge >= 0.3 is 6.09 Å². The van der Waals surface area contributed by atoms with Crippen molar-refractivity contribution in [3.8, 4) is 0 Å². The molecule has 5 nitrogen and oxygen atoms in total. The van der Waals surface area contributed by atoms with E-state index in [0.717, 1.165) is 27.6 Å². The van der Waals surface area contributed by atoms with Crippen molar-refractivity contribution in [1.82, 2.24) is 5.32 Å². The van der Waals surface area contributed by atoms with E-state index in [4.69, 9.17) is 4.74 Å². The number of nitrogens with one attached hydrogen (secondary N) is 1. The number of ether oxygens (including phenoxy) is 1. The number of fused-ring (bicyclic) bond motifs is 3. The zero-order valence-electron chi connectivity index (χ0n) is 18.2. The predicted octanol–water partition coefficient (Wildman–Crippen LogP) is 5.26. The monoisotopic (exact) mass is 426 g/mol. The van der Waals surface area contributed by atoms with Crippen molar-refractivity contribution in [2.45, 2.75) is 37.3 Å². The summed E-state index contributed by atoms with van der Waals surface area (Å²) in [6.07, 6.45) is 4.19. The van der Waals surface area contributed by atoms with Gasteiger partial charge in [0.15, 0.2) is 0 Å². The number of hydrogen-bond acceptors (Lipinski definition) is 3.